The van der Waals surface area contributed by atoms with Crippen molar-refractivity contribution in [3.8, 4) is 16.3 Å². The number of benzene rings is 1. The molecule has 0 saturated carbocycles. The first-order valence-corrected chi connectivity index (χ1v) is 6.40. The van der Waals surface area contributed by atoms with Crippen LogP contribution in [0, 0.1) is 0 Å². The zero-order valence-electron chi connectivity index (χ0n) is 9.55. The van der Waals surface area contributed by atoms with Crippen molar-refractivity contribution in [3.63, 3.8) is 0 Å². The maximum Gasteiger partial charge on any atom is 0.123 e. The molecule has 1 unspecified atom stereocenters. The minimum absolute atomic E-state index is 0.0722. The van der Waals surface area contributed by atoms with Crippen molar-refractivity contribution in [3.05, 3.63) is 35.8 Å². The summed E-state index contributed by atoms with van der Waals surface area (Å²) in [6, 6.07) is 8.01. The Morgan fingerprint density at radius 3 is 3.12 bits per heavy atom. The fourth-order valence-corrected chi connectivity index (χ4v) is 2.16. The third-order valence-electron chi connectivity index (χ3n) is 2.69. The number of epoxide rings is 1. The van der Waals surface area contributed by atoms with Crippen molar-refractivity contribution in [2.45, 2.75) is 12.5 Å². The molecular formula is C13H13NO2S. The van der Waals surface area contributed by atoms with Crippen molar-refractivity contribution >= 4 is 11.3 Å². The Labute approximate surface area is 104 Å². The Bertz CT molecular complexity index is 506. The smallest absolute Gasteiger partial charge is 0.123 e. The Kier molecular flexibility index (Phi) is 2.61. The fraction of sp³-hybridized carbons (Fsp3) is 0.308. The molecule has 1 fully saturated rings. The third kappa shape index (κ3) is 2.48. The van der Waals surface area contributed by atoms with E-state index in [1.807, 2.05) is 35.8 Å². The van der Waals surface area contributed by atoms with Gasteiger partial charge in [-0.25, -0.2) is 4.98 Å². The molecular weight excluding hydrogens is 234 g/mol. The molecule has 0 amide bonds. The lowest BCUT2D eigenvalue weighted by Gasteiger charge is -2.09. The molecule has 0 radical (unpaired) electrons. The van der Waals surface area contributed by atoms with Crippen LogP contribution in [0.4, 0.5) is 0 Å². The quantitative estimate of drug-likeness (QED) is 0.779. The van der Waals surface area contributed by atoms with Crippen LogP contribution in [-0.4, -0.2) is 23.8 Å². The lowest BCUT2D eigenvalue weighted by molar-refractivity contribution is 0.202. The molecule has 17 heavy (non-hydrogen) atoms. The molecule has 3 rings (SSSR count). The number of nitrogens with zero attached hydrogens (tertiary/aromatic N) is 1. The minimum Gasteiger partial charge on any atom is -0.490 e. The number of rotatable bonds is 4. The number of ether oxygens (including phenoxy) is 2. The maximum absolute atomic E-state index is 5.72. The molecule has 1 aromatic heterocycles. The molecule has 1 atom stereocenters. The largest absolute Gasteiger partial charge is 0.490 e. The van der Waals surface area contributed by atoms with Crippen LogP contribution in [-0.2, 0) is 4.74 Å². The van der Waals surface area contributed by atoms with E-state index in [0.717, 1.165) is 22.9 Å². The van der Waals surface area contributed by atoms with Gasteiger partial charge in [0.05, 0.1) is 6.61 Å². The van der Waals surface area contributed by atoms with E-state index in [9.17, 15) is 0 Å². The molecule has 1 aromatic carbocycles. The Morgan fingerprint density at radius 1 is 1.53 bits per heavy atom. The molecule has 1 aliphatic heterocycles. The Hall–Kier alpha value is -1.39. The predicted octanol–water partition coefficient (Wildman–Crippen LogP) is 2.98. The topological polar surface area (TPSA) is 34.6 Å². The summed E-state index contributed by atoms with van der Waals surface area (Å²) >= 11 is 1.63. The molecule has 2 aromatic rings. The van der Waals surface area contributed by atoms with Crippen molar-refractivity contribution in [1.29, 1.82) is 0 Å². The minimum atomic E-state index is -0.0722. The van der Waals surface area contributed by atoms with Gasteiger partial charge in [0.1, 0.15) is 23.0 Å². The van der Waals surface area contributed by atoms with Gasteiger partial charge in [-0.2, -0.15) is 0 Å². The van der Waals surface area contributed by atoms with Crippen molar-refractivity contribution in [1.82, 2.24) is 4.98 Å². The van der Waals surface area contributed by atoms with Gasteiger partial charge in [0.25, 0.3) is 0 Å². The lowest BCUT2D eigenvalue weighted by Crippen LogP contribution is -2.16. The van der Waals surface area contributed by atoms with E-state index in [2.05, 4.69) is 11.9 Å². The van der Waals surface area contributed by atoms with E-state index < -0.39 is 0 Å². The second-order valence-corrected chi connectivity index (χ2v) is 5.29. The van der Waals surface area contributed by atoms with Crippen LogP contribution in [0.3, 0.4) is 0 Å². The Balaban J connectivity index is 1.75. The fourth-order valence-electron chi connectivity index (χ4n) is 1.53. The van der Waals surface area contributed by atoms with Crippen LogP contribution in [0.5, 0.6) is 5.75 Å². The van der Waals surface area contributed by atoms with Crippen LogP contribution >= 0.6 is 11.3 Å². The highest BCUT2D eigenvalue weighted by atomic mass is 32.1. The van der Waals surface area contributed by atoms with E-state index in [1.54, 1.807) is 11.3 Å². The molecule has 0 spiro atoms. The van der Waals surface area contributed by atoms with Gasteiger partial charge in [-0.1, -0.05) is 12.1 Å². The van der Waals surface area contributed by atoms with Crippen LogP contribution < -0.4 is 4.74 Å². The molecule has 1 aliphatic rings. The van der Waals surface area contributed by atoms with Gasteiger partial charge in [0.2, 0.25) is 0 Å². The summed E-state index contributed by atoms with van der Waals surface area (Å²) in [7, 11) is 0. The average Bonchev–Trinajstić information content (AvgIpc) is 2.88. The van der Waals surface area contributed by atoms with Gasteiger partial charge in [0.15, 0.2) is 0 Å². The van der Waals surface area contributed by atoms with E-state index in [0.29, 0.717) is 6.61 Å². The van der Waals surface area contributed by atoms with Gasteiger partial charge < -0.3 is 9.47 Å². The summed E-state index contributed by atoms with van der Waals surface area (Å²) in [4.78, 5) is 4.29. The van der Waals surface area contributed by atoms with Gasteiger partial charge in [0, 0.05) is 17.1 Å². The summed E-state index contributed by atoms with van der Waals surface area (Å²) in [5.74, 6) is 0.870. The number of hydrogen-bond donors (Lipinski definition) is 0. The van der Waals surface area contributed by atoms with Gasteiger partial charge in [-0.05, 0) is 19.1 Å². The van der Waals surface area contributed by atoms with Crippen molar-refractivity contribution < 1.29 is 9.47 Å². The van der Waals surface area contributed by atoms with E-state index in [4.69, 9.17) is 9.47 Å². The molecule has 88 valence electrons. The molecule has 1 saturated heterocycles. The normalized spacial score (nSPS) is 22.4. The van der Waals surface area contributed by atoms with Crippen LogP contribution in [0.1, 0.15) is 6.92 Å². The number of hydrogen-bond acceptors (Lipinski definition) is 4. The summed E-state index contributed by atoms with van der Waals surface area (Å²) < 4.78 is 11.0. The van der Waals surface area contributed by atoms with E-state index in [1.165, 1.54) is 0 Å². The summed E-state index contributed by atoms with van der Waals surface area (Å²) in [5, 5.41) is 2.99. The highest BCUT2D eigenvalue weighted by molar-refractivity contribution is 7.13. The lowest BCUT2D eigenvalue weighted by atomic mass is 10.2. The first kappa shape index (κ1) is 10.7. The monoisotopic (exact) mass is 247 g/mol. The second-order valence-electron chi connectivity index (χ2n) is 4.39. The van der Waals surface area contributed by atoms with Crippen molar-refractivity contribution in [2.24, 2.45) is 0 Å². The maximum atomic E-state index is 5.72. The first-order valence-electron chi connectivity index (χ1n) is 5.52. The van der Waals surface area contributed by atoms with Crippen LogP contribution in [0.25, 0.3) is 10.6 Å². The standard InChI is InChI=1S/C13H13NO2S/c1-13(9-16-13)8-15-11-4-2-3-10(7-11)12-14-5-6-17-12/h2-7H,8-9H2,1H3. The van der Waals surface area contributed by atoms with Gasteiger partial charge >= 0.3 is 0 Å². The molecule has 2 heterocycles. The first-order chi connectivity index (χ1) is 8.25. The summed E-state index contributed by atoms with van der Waals surface area (Å²) in [6.07, 6.45) is 1.81. The Morgan fingerprint density at radius 2 is 2.41 bits per heavy atom. The highest BCUT2D eigenvalue weighted by Gasteiger charge is 2.40. The SMILES string of the molecule is CC1(COc2cccc(-c3nccs3)c2)CO1. The van der Waals surface area contributed by atoms with Gasteiger partial charge in [-0.15, -0.1) is 11.3 Å². The molecule has 0 N–H and O–H groups in total. The number of aromatic nitrogens is 1. The highest BCUT2D eigenvalue weighted by Crippen LogP contribution is 2.29. The third-order valence-corrected chi connectivity index (χ3v) is 3.52. The van der Waals surface area contributed by atoms with Crippen LogP contribution in [0.15, 0.2) is 35.8 Å². The zero-order chi connectivity index (χ0) is 11.7. The van der Waals surface area contributed by atoms with E-state index in [-0.39, 0.29) is 5.60 Å². The molecule has 0 aliphatic carbocycles. The van der Waals surface area contributed by atoms with Crippen LogP contribution in [0.2, 0.25) is 0 Å². The van der Waals surface area contributed by atoms with Gasteiger partial charge in [-0.3, -0.25) is 0 Å². The zero-order valence-corrected chi connectivity index (χ0v) is 10.4. The van der Waals surface area contributed by atoms with E-state index >= 15 is 0 Å². The molecule has 0 bridgehead atoms. The summed E-state index contributed by atoms with van der Waals surface area (Å²) in [5.41, 5.74) is 1.02. The predicted molar refractivity (Wildman–Crippen MR) is 67.4 cm³/mol. The molecule has 4 heteroatoms. The summed E-state index contributed by atoms with van der Waals surface area (Å²) in [6.45, 7) is 3.45. The number of thiazole rings is 1. The average molecular weight is 247 g/mol. The molecule has 3 nitrogen and oxygen atoms in total. The second kappa shape index (κ2) is 4.13. The van der Waals surface area contributed by atoms with Crippen molar-refractivity contribution in [2.75, 3.05) is 13.2 Å².